The van der Waals surface area contributed by atoms with Crippen LogP contribution in [0, 0.1) is 5.92 Å². The van der Waals surface area contributed by atoms with Gasteiger partial charge in [-0.15, -0.1) is 24.0 Å². The van der Waals surface area contributed by atoms with Crippen LogP contribution in [0.1, 0.15) is 25.8 Å². The van der Waals surface area contributed by atoms with E-state index >= 15 is 0 Å². The summed E-state index contributed by atoms with van der Waals surface area (Å²) in [6, 6.07) is 8.20. The molecule has 1 heterocycles. The molecule has 1 aliphatic rings. The van der Waals surface area contributed by atoms with Gasteiger partial charge in [0.2, 0.25) is 0 Å². The van der Waals surface area contributed by atoms with Crippen molar-refractivity contribution in [2.24, 2.45) is 10.9 Å². The summed E-state index contributed by atoms with van der Waals surface area (Å²) in [5, 5.41) is 6.62. The van der Waals surface area contributed by atoms with Gasteiger partial charge >= 0.3 is 0 Å². The van der Waals surface area contributed by atoms with Crippen LogP contribution in [0.3, 0.4) is 0 Å². The van der Waals surface area contributed by atoms with E-state index in [2.05, 4.69) is 46.5 Å². The first-order valence-electron chi connectivity index (χ1n) is 10.7. The summed E-state index contributed by atoms with van der Waals surface area (Å²) in [7, 11) is 1.78. The van der Waals surface area contributed by atoms with Crippen molar-refractivity contribution < 1.29 is 14.2 Å². The van der Waals surface area contributed by atoms with E-state index in [1.54, 1.807) is 7.05 Å². The molecule has 2 rings (SSSR count). The van der Waals surface area contributed by atoms with Gasteiger partial charge in [0.05, 0.1) is 19.8 Å². The predicted octanol–water partition coefficient (Wildman–Crippen LogP) is 2.74. The molecule has 7 nitrogen and oxygen atoms in total. The summed E-state index contributed by atoms with van der Waals surface area (Å²) in [5.74, 6) is 2.35. The molecule has 1 fully saturated rings. The summed E-state index contributed by atoms with van der Waals surface area (Å²) < 4.78 is 16.9. The van der Waals surface area contributed by atoms with Gasteiger partial charge in [0, 0.05) is 46.4 Å². The van der Waals surface area contributed by atoms with Gasteiger partial charge in [-0.25, -0.2) is 0 Å². The van der Waals surface area contributed by atoms with E-state index in [4.69, 9.17) is 14.2 Å². The quantitative estimate of drug-likeness (QED) is 0.186. The van der Waals surface area contributed by atoms with E-state index < -0.39 is 0 Å². The molecular weight excluding hydrogens is 495 g/mol. The molecule has 0 aliphatic carbocycles. The summed E-state index contributed by atoms with van der Waals surface area (Å²) >= 11 is 0. The van der Waals surface area contributed by atoms with Gasteiger partial charge in [0.15, 0.2) is 5.96 Å². The zero-order valence-electron chi connectivity index (χ0n) is 18.7. The highest BCUT2D eigenvalue weighted by Crippen LogP contribution is 2.13. The van der Waals surface area contributed by atoms with Gasteiger partial charge < -0.3 is 24.8 Å². The second kappa shape index (κ2) is 16.6. The Morgan fingerprint density at radius 1 is 1.17 bits per heavy atom. The van der Waals surface area contributed by atoms with Crippen LogP contribution in [0.4, 0.5) is 0 Å². The fourth-order valence-corrected chi connectivity index (χ4v) is 2.93. The van der Waals surface area contributed by atoms with Crippen LogP contribution in [-0.4, -0.2) is 77.1 Å². The Hall–Kier alpha value is -1.10. The molecule has 1 aromatic carbocycles. The summed E-state index contributed by atoms with van der Waals surface area (Å²) in [6.45, 7) is 12.6. The number of morpholine rings is 1. The zero-order valence-corrected chi connectivity index (χ0v) is 21.0. The molecule has 0 saturated carbocycles. The fraction of sp³-hybridized carbons (Fsp3) is 0.682. The number of ether oxygens (including phenoxy) is 3. The third-order valence-electron chi connectivity index (χ3n) is 4.74. The lowest BCUT2D eigenvalue weighted by Crippen LogP contribution is -2.38. The molecule has 0 unspecified atom stereocenters. The van der Waals surface area contributed by atoms with Gasteiger partial charge in [0.25, 0.3) is 0 Å². The van der Waals surface area contributed by atoms with Gasteiger partial charge in [0.1, 0.15) is 12.4 Å². The molecule has 8 heteroatoms. The second-order valence-corrected chi connectivity index (χ2v) is 7.60. The van der Waals surface area contributed by atoms with Gasteiger partial charge in [-0.05, 0) is 30.0 Å². The Labute approximate surface area is 199 Å². The summed E-state index contributed by atoms with van der Waals surface area (Å²) in [5.41, 5.74) is 1.16. The van der Waals surface area contributed by atoms with Crippen LogP contribution in [0.2, 0.25) is 0 Å². The molecule has 1 aliphatic heterocycles. The van der Waals surface area contributed by atoms with Gasteiger partial charge in [-0.2, -0.15) is 0 Å². The highest BCUT2D eigenvalue weighted by atomic mass is 127. The largest absolute Gasteiger partial charge is 0.492 e. The molecular formula is C22H39IN4O3. The van der Waals surface area contributed by atoms with Crippen LogP contribution >= 0.6 is 24.0 Å². The monoisotopic (exact) mass is 534 g/mol. The lowest BCUT2D eigenvalue weighted by atomic mass is 10.1. The molecule has 0 spiro atoms. The first-order chi connectivity index (χ1) is 14.2. The van der Waals surface area contributed by atoms with Crippen molar-refractivity contribution in [3.63, 3.8) is 0 Å². The number of benzene rings is 1. The fourth-order valence-electron chi connectivity index (χ4n) is 2.93. The first kappa shape index (κ1) is 26.9. The number of nitrogens with zero attached hydrogens (tertiary/aromatic N) is 2. The average molecular weight is 534 g/mol. The van der Waals surface area contributed by atoms with Crippen molar-refractivity contribution in [2.75, 3.05) is 66.3 Å². The number of rotatable bonds is 12. The predicted molar refractivity (Wildman–Crippen MR) is 133 cm³/mol. The zero-order chi connectivity index (χ0) is 20.7. The van der Waals surface area contributed by atoms with Crippen LogP contribution in [-0.2, 0) is 16.0 Å². The lowest BCUT2D eigenvalue weighted by Gasteiger charge is -2.26. The van der Waals surface area contributed by atoms with E-state index in [0.29, 0.717) is 25.7 Å². The number of aliphatic imine (C=N–C) groups is 1. The van der Waals surface area contributed by atoms with E-state index in [-0.39, 0.29) is 24.0 Å². The number of halogens is 1. The highest BCUT2D eigenvalue weighted by molar-refractivity contribution is 14.0. The third kappa shape index (κ3) is 11.9. The van der Waals surface area contributed by atoms with E-state index in [9.17, 15) is 0 Å². The van der Waals surface area contributed by atoms with Gasteiger partial charge in [-0.3, -0.25) is 9.89 Å². The van der Waals surface area contributed by atoms with Crippen LogP contribution in [0.15, 0.2) is 29.3 Å². The lowest BCUT2D eigenvalue weighted by molar-refractivity contribution is 0.0322. The number of nitrogens with one attached hydrogen (secondary N) is 2. The first-order valence-corrected chi connectivity index (χ1v) is 10.7. The van der Waals surface area contributed by atoms with E-state index in [1.165, 1.54) is 0 Å². The Bertz CT molecular complexity index is 596. The maximum absolute atomic E-state index is 5.93. The van der Waals surface area contributed by atoms with Crippen molar-refractivity contribution in [3.05, 3.63) is 29.8 Å². The average Bonchev–Trinajstić information content (AvgIpc) is 2.73. The van der Waals surface area contributed by atoms with Gasteiger partial charge in [-0.1, -0.05) is 26.0 Å². The Kier molecular flexibility index (Phi) is 14.9. The molecule has 1 aromatic rings. The summed E-state index contributed by atoms with van der Waals surface area (Å²) in [4.78, 5) is 6.64. The molecule has 0 bridgehead atoms. The van der Waals surface area contributed by atoms with Crippen molar-refractivity contribution in [2.45, 2.75) is 26.8 Å². The molecule has 0 amide bonds. The van der Waals surface area contributed by atoms with Crippen LogP contribution in [0.5, 0.6) is 5.75 Å². The second-order valence-electron chi connectivity index (χ2n) is 7.60. The minimum Gasteiger partial charge on any atom is -0.492 e. The number of guanidine groups is 1. The molecule has 2 N–H and O–H groups in total. The minimum absolute atomic E-state index is 0. The normalized spacial score (nSPS) is 15.0. The Morgan fingerprint density at radius 3 is 2.70 bits per heavy atom. The highest BCUT2D eigenvalue weighted by Gasteiger charge is 2.09. The third-order valence-corrected chi connectivity index (χ3v) is 4.74. The maximum Gasteiger partial charge on any atom is 0.191 e. The summed E-state index contributed by atoms with van der Waals surface area (Å²) in [6.07, 6.45) is 1.10. The number of hydrogen-bond donors (Lipinski definition) is 2. The Morgan fingerprint density at radius 2 is 1.97 bits per heavy atom. The van der Waals surface area contributed by atoms with E-state index in [1.807, 2.05) is 12.1 Å². The van der Waals surface area contributed by atoms with Crippen LogP contribution in [0.25, 0.3) is 0 Å². The smallest absolute Gasteiger partial charge is 0.191 e. The molecule has 172 valence electrons. The van der Waals surface area contributed by atoms with Crippen molar-refractivity contribution in [1.29, 1.82) is 0 Å². The molecule has 0 atom stereocenters. The van der Waals surface area contributed by atoms with Crippen LogP contribution < -0.4 is 15.4 Å². The van der Waals surface area contributed by atoms with E-state index in [0.717, 1.165) is 69.7 Å². The van der Waals surface area contributed by atoms with Crippen molar-refractivity contribution in [3.8, 4) is 5.75 Å². The standard InChI is InChI=1S/C22H38N4O3.HI/c1-19(2)7-12-27-13-8-24-22(23-3)25-18-20-5-4-6-21(17-20)29-16-11-26-9-14-28-15-10-26;/h4-6,17,19H,7-16,18H2,1-3H3,(H2,23,24,25);1H. The molecule has 0 radical (unpaired) electrons. The molecule has 30 heavy (non-hydrogen) atoms. The topological polar surface area (TPSA) is 67.4 Å². The minimum atomic E-state index is 0. The van der Waals surface area contributed by atoms with Crippen molar-refractivity contribution in [1.82, 2.24) is 15.5 Å². The maximum atomic E-state index is 5.93. The SMILES string of the molecule is CN=C(NCCOCCC(C)C)NCc1cccc(OCCN2CCOCC2)c1.I. The molecule has 1 saturated heterocycles. The Balaban J connectivity index is 0.00000450. The van der Waals surface area contributed by atoms with Crippen molar-refractivity contribution >= 4 is 29.9 Å². The molecule has 0 aromatic heterocycles. The number of hydrogen-bond acceptors (Lipinski definition) is 5.